The number of nitrogens with one attached hydrogen (secondary N) is 2. The van der Waals surface area contributed by atoms with Crippen molar-refractivity contribution in [3.8, 4) is 0 Å². The molecule has 1 aromatic rings. The zero-order chi connectivity index (χ0) is 13.4. The number of para-hydroxylation sites is 1. The van der Waals surface area contributed by atoms with E-state index in [4.69, 9.17) is 0 Å². The Morgan fingerprint density at radius 1 is 1.39 bits per heavy atom. The van der Waals surface area contributed by atoms with Gasteiger partial charge in [-0.2, -0.15) is 11.8 Å². The van der Waals surface area contributed by atoms with Crippen LogP contribution < -0.4 is 10.6 Å². The summed E-state index contributed by atoms with van der Waals surface area (Å²) in [6.07, 6.45) is 3.23. The average molecular weight is 266 g/mol. The highest BCUT2D eigenvalue weighted by molar-refractivity contribution is 7.98. The van der Waals surface area contributed by atoms with Gasteiger partial charge in [0.2, 0.25) is 5.91 Å². The maximum absolute atomic E-state index is 11.1. The highest BCUT2D eigenvalue weighted by Crippen LogP contribution is 2.15. The third-order valence-corrected chi connectivity index (χ3v) is 3.51. The van der Waals surface area contributed by atoms with Gasteiger partial charge >= 0.3 is 0 Å². The van der Waals surface area contributed by atoms with Crippen molar-refractivity contribution < 1.29 is 4.79 Å². The Labute approximate surface area is 114 Å². The van der Waals surface area contributed by atoms with Crippen molar-refractivity contribution in [2.45, 2.75) is 32.9 Å². The predicted molar refractivity (Wildman–Crippen MR) is 80.0 cm³/mol. The number of hydrogen-bond donors (Lipinski definition) is 2. The van der Waals surface area contributed by atoms with Gasteiger partial charge in [0.1, 0.15) is 0 Å². The second-order valence-electron chi connectivity index (χ2n) is 4.28. The van der Waals surface area contributed by atoms with Crippen LogP contribution in [0.3, 0.4) is 0 Å². The van der Waals surface area contributed by atoms with Crippen molar-refractivity contribution >= 4 is 23.4 Å². The largest absolute Gasteiger partial charge is 0.326 e. The van der Waals surface area contributed by atoms with Crippen LogP contribution >= 0.6 is 11.8 Å². The van der Waals surface area contributed by atoms with E-state index < -0.39 is 0 Å². The number of carbonyl (C=O) groups excluding carboxylic acids is 1. The zero-order valence-electron chi connectivity index (χ0n) is 11.3. The fourth-order valence-electron chi connectivity index (χ4n) is 1.76. The Balaban J connectivity index is 2.62. The Bertz CT molecular complexity index is 382. The fraction of sp³-hybridized carbons (Fsp3) is 0.500. The minimum Gasteiger partial charge on any atom is -0.326 e. The minimum atomic E-state index is -0.0291. The van der Waals surface area contributed by atoms with Crippen LogP contribution in [0.15, 0.2) is 24.3 Å². The second kappa shape index (κ2) is 8.16. The molecular weight excluding hydrogens is 244 g/mol. The number of anilines is 1. The highest BCUT2D eigenvalue weighted by Gasteiger charge is 2.07. The molecule has 0 aliphatic carbocycles. The van der Waals surface area contributed by atoms with Gasteiger partial charge in [0.25, 0.3) is 0 Å². The van der Waals surface area contributed by atoms with Crippen molar-refractivity contribution in [2.24, 2.45) is 0 Å². The molecule has 2 N–H and O–H groups in total. The number of thioether (sulfide) groups is 1. The van der Waals surface area contributed by atoms with E-state index in [9.17, 15) is 4.79 Å². The topological polar surface area (TPSA) is 41.1 Å². The van der Waals surface area contributed by atoms with Crippen molar-refractivity contribution in [1.29, 1.82) is 0 Å². The maximum Gasteiger partial charge on any atom is 0.221 e. The molecule has 1 rings (SSSR count). The summed E-state index contributed by atoms with van der Waals surface area (Å²) in [5.41, 5.74) is 2.03. The molecule has 0 aliphatic heterocycles. The summed E-state index contributed by atoms with van der Waals surface area (Å²) in [5, 5.41) is 6.39. The monoisotopic (exact) mass is 266 g/mol. The van der Waals surface area contributed by atoms with Crippen LogP contribution in [0.4, 0.5) is 5.69 Å². The van der Waals surface area contributed by atoms with Gasteiger partial charge in [0.05, 0.1) is 0 Å². The van der Waals surface area contributed by atoms with E-state index >= 15 is 0 Å². The van der Waals surface area contributed by atoms with Gasteiger partial charge in [0.15, 0.2) is 0 Å². The third-order valence-electron chi connectivity index (χ3n) is 2.77. The van der Waals surface area contributed by atoms with Crippen molar-refractivity contribution in [3.05, 3.63) is 29.8 Å². The number of carbonyl (C=O) groups is 1. The molecule has 18 heavy (non-hydrogen) atoms. The fourth-order valence-corrected chi connectivity index (χ4v) is 2.52. The summed E-state index contributed by atoms with van der Waals surface area (Å²) < 4.78 is 0. The first-order valence-electron chi connectivity index (χ1n) is 6.25. The first kappa shape index (κ1) is 15.1. The average Bonchev–Trinajstić information content (AvgIpc) is 2.35. The molecule has 4 heteroatoms. The Hall–Kier alpha value is -1.00. The van der Waals surface area contributed by atoms with Crippen molar-refractivity contribution in [3.63, 3.8) is 0 Å². The Morgan fingerprint density at radius 2 is 2.11 bits per heavy atom. The van der Waals surface area contributed by atoms with Gasteiger partial charge in [-0.1, -0.05) is 25.1 Å². The molecule has 0 aromatic heterocycles. The highest BCUT2D eigenvalue weighted by atomic mass is 32.2. The molecule has 100 valence electrons. The molecule has 0 bridgehead atoms. The van der Waals surface area contributed by atoms with E-state index in [1.54, 1.807) is 0 Å². The summed E-state index contributed by atoms with van der Waals surface area (Å²) in [5.74, 6) is 1.08. The smallest absolute Gasteiger partial charge is 0.221 e. The summed E-state index contributed by atoms with van der Waals surface area (Å²) in [6.45, 7) is 4.51. The lowest BCUT2D eigenvalue weighted by Crippen LogP contribution is -2.30. The summed E-state index contributed by atoms with van der Waals surface area (Å²) in [7, 11) is 0. The van der Waals surface area contributed by atoms with Gasteiger partial charge in [0, 0.05) is 31.0 Å². The lowest BCUT2D eigenvalue weighted by molar-refractivity contribution is -0.114. The lowest BCUT2D eigenvalue weighted by atomic mass is 10.1. The summed E-state index contributed by atoms with van der Waals surface area (Å²) >= 11 is 1.85. The molecule has 0 saturated heterocycles. The molecule has 3 nitrogen and oxygen atoms in total. The van der Waals surface area contributed by atoms with Gasteiger partial charge in [-0.05, 0) is 24.3 Å². The molecule has 1 aromatic carbocycles. The first-order valence-corrected chi connectivity index (χ1v) is 7.64. The zero-order valence-corrected chi connectivity index (χ0v) is 12.1. The number of hydrogen-bond acceptors (Lipinski definition) is 3. The van der Waals surface area contributed by atoms with Gasteiger partial charge in [-0.3, -0.25) is 4.79 Å². The molecule has 1 amide bonds. The van der Waals surface area contributed by atoms with E-state index in [1.807, 2.05) is 36.0 Å². The third kappa shape index (κ3) is 5.10. The van der Waals surface area contributed by atoms with Gasteiger partial charge in [-0.15, -0.1) is 0 Å². The number of benzene rings is 1. The molecule has 0 saturated carbocycles. The van der Waals surface area contributed by atoms with Crippen LogP contribution in [0.25, 0.3) is 0 Å². The molecule has 0 spiro atoms. The van der Waals surface area contributed by atoms with Crippen LogP contribution in [-0.2, 0) is 11.3 Å². The van der Waals surface area contributed by atoms with Crippen LogP contribution in [0, 0.1) is 0 Å². The maximum atomic E-state index is 11.1. The quantitative estimate of drug-likeness (QED) is 0.797. The summed E-state index contributed by atoms with van der Waals surface area (Å²) in [4.78, 5) is 11.1. The van der Waals surface area contributed by atoms with Crippen molar-refractivity contribution in [2.75, 3.05) is 17.3 Å². The second-order valence-corrected chi connectivity index (χ2v) is 5.19. The van der Waals surface area contributed by atoms with E-state index in [2.05, 4.69) is 23.8 Å². The predicted octanol–water partition coefficient (Wildman–Crippen LogP) is 2.88. The van der Waals surface area contributed by atoms with E-state index in [0.29, 0.717) is 6.04 Å². The van der Waals surface area contributed by atoms with E-state index in [-0.39, 0.29) is 5.91 Å². The lowest BCUT2D eigenvalue weighted by Gasteiger charge is -2.17. The molecule has 0 radical (unpaired) electrons. The minimum absolute atomic E-state index is 0.0291. The molecule has 1 atom stereocenters. The normalized spacial score (nSPS) is 12.2. The standard InChI is InChI=1S/C14H22N2OS/c1-4-13(10-18-3)15-9-12-7-5-6-8-14(12)16-11(2)17/h5-8,13,15H,4,9-10H2,1-3H3,(H,16,17). The first-order chi connectivity index (χ1) is 8.67. The van der Waals surface area contributed by atoms with Crippen LogP contribution in [0.5, 0.6) is 0 Å². The van der Waals surface area contributed by atoms with Crippen LogP contribution in [0.1, 0.15) is 25.8 Å². The summed E-state index contributed by atoms with van der Waals surface area (Å²) in [6, 6.07) is 8.44. The molecule has 0 heterocycles. The van der Waals surface area contributed by atoms with Crippen molar-refractivity contribution in [1.82, 2.24) is 5.32 Å². The molecule has 0 aliphatic rings. The Morgan fingerprint density at radius 3 is 2.72 bits per heavy atom. The SMILES string of the molecule is CCC(CSC)NCc1ccccc1NC(C)=O. The van der Waals surface area contributed by atoms with Gasteiger partial charge < -0.3 is 10.6 Å². The number of amides is 1. The number of rotatable bonds is 7. The van der Waals surface area contributed by atoms with Gasteiger partial charge in [-0.25, -0.2) is 0 Å². The van der Waals surface area contributed by atoms with E-state index in [1.165, 1.54) is 6.92 Å². The molecule has 0 fully saturated rings. The van der Waals surface area contributed by atoms with Crippen LogP contribution in [-0.4, -0.2) is 24.0 Å². The van der Waals surface area contributed by atoms with Crippen LogP contribution in [0.2, 0.25) is 0 Å². The molecule has 1 unspecified atom stereocenters. The van der Waals surface area contributed by atoms with E-state index in [0.717, 1.165) is 30.0 Å². The molecular formula is C14H22N2OS. The Kier molecular flexibility index (Phi) is 6.83.